The Balaban J connectivity index is 4.28. The van der Waals surface area contributed by atoms with Crippen LogP contribution in [0.3, 0.4) is 0 Å². The van der Waals surface area contributed by atoms with Crippen molar-refractivity contribution in [2.24, 2.45) is 0 Å². The minimum Gasteiger partial charge on any atom is -0.462 e. The molecule has 0 saturated heterocycles. The van der Waals surface area contributed by atoms with Gasteiger partial charge in [-0.1, -0.05) is 279 Å². The van der Waals surface area contributed by atoms with Gasteiger partial charge in [0.15, 0.2) is 6.10 Å². The zero-order valence-electron chi connectivity index (χ0n) is 49.3. The number of allylic oxidation sites excluding steroid dienone is 16. The van der Waals surface area contributed by atoms with Gasteiger partial charge in [-0.25, -0.2) is 0 Å². The predicted molar refractivity (Wildman–Crippen MR) is 325 cm³/mol. The average Bonchev–Trinajstić information content (AvgIpc) is 3.41. The molecule has 6 nitrogen and oxygen atoms in total. The van der Waals surface area contributed by atoms with Crippen molar-refractivity contribution in [3.8, 4) is 0 Å². The molecule has 1 atom stereocenters. The van der Waals surface area contributed by atoms with E-state index < -0.39 is 6.10 Å². The van der Waals surface area contributed by atoms with Gasteiger partial charge < -0.3 is 14.2 Å². The standard InChI is InChI=1S/C69H118O6/c1-4-7-10-13-16-19-21-23-25-27-29-31-32-33-34-35-36-38-39-41-43-45-47-50-53-56-59-62-68(71)74-65-66(64-73-67(70)61-58-55-52-49-18-15-12-9-6-3)75-69(72)63-60-57-54-51-48-46-44-42-40-37-30-28-26-24-22-20-17-14-11-8-5-2/h7,10,16,19,23,25,28-31,33-34,36,38,41,43,66H,4-6,8-9,11-15,17-18,20-22,24,26-27,32,35,37,39-40,42,44-65H2,1-3H3/b10-7-,19-16-,25-23-,30-28-,31-29-,34-33-,38-36-,43-41-. The molecule has 0 spiro atoms. The summed E-state index contributed by atoms with van der Waals surface area (Å²) in [6.45, 7) is 6.51. The van der Waals surface area contributed by atoms with Gasteiger partial charge in [-0.2, -0.15) is 0 Å². The molecule has 0 amide bonds. The maximum Gasteiger partial charge on any atom is 0.306 e. The third-order valence-corrected chi connectivity index (χ3v) is 13.6. The lowest BCUT2D eigenvalue weighted by Crippen LogP contribution is -2.30. The van der Waals surface area contributed by atoms with E-state index in [0.29, 0.717) is 19.3 Å². The highest BCUT2D eigenvalue weighted by Crippen LogP contribution is 2.16. The molecule has 0 aromatic carbocycles. The first-order valence-corrected chi connectivity index (χ1v) is 31.7. The van der Waals surface area contributed by atoms with Gasteiger partial charge in [-0.15, -0.1) is 0 Å². The van der Waals surface area contributed by atoms with Crippen LogP contribution in [-0.4, -0.2) is 37.2 Å². The smallest absolute Gasteiger partial charge is 0.306 e. The zero-order valence-corrected chi connectivity index (χ0v) is 49.3. The van der Waals surface area contributed by atoms with E-state index in [1.54, 1.807) is 0 Å². The van der Waals surface area contributed by atoms with Gasteiger partial charge in [0, 0.05) is 19.3 Å². The highest BCUT2D eigenvalue weighted by molar-refractivity contribution is 5.71. The molecule has 0 fully saturated rings. The highest BCUT2D eigenvalue weighted by Gasteiger charge is 2.19. The molecule has 0 aliphatic heterocycles. The Kier molecular flexibility index (Phi) is 59.8. The van der Waals surface area contributed by atoms with Crippen molar-refractivity contribution in [1.29, 1.82) is 0 Å². The Morgan fingerprint density at radius 1 is 0.280 bits per heavy atom. The molecular weight excluding hydrogens is 925 g/mol. The first kappa shape index (κ1) is 71.3. The van der Waals surface area contributed by atoms with Crippen molar-refractivity contribution in [3.05, 3.63) is 97.2 Å². The van der Waals surface area contributed by atoms with E-state index >= 15 is 0 Å². The summed E-state index contributed by atoms with van der Waals surface area (Å²) in [5.41, 5.74) is 0. The summed E-state index contributed by atoms with van der Waals surface area (Å²) in [7, 11) is 0. The fraction of sp³-hybridized carbons (Fsp3) is 0.725. The van der Waals surface area contributed by atoms with Crippen molar-refractivity contribution in [2.45, 2.75) is 309 Å². The number of unbranched alkanes of at least 4 members (excludes halogenated alkanes) is 30. The van der Waals surface area contributed by atoms with Gasteiger partial charge in [-0.05, 0) is 103 Å². The van der Waals surface area contributed by atoms with E-state index in [1.165, 1.54) is 141 Å². The third-order valence-electron chi connectivity index (χ3n) is 13.6. The van der Waals surface area contributed by atoms with Crippen LogP contribution in [0, 0.1) is 0 Å². The van der Waals surface area contributed by atoms with Crippen LogP contribution in [0.25, 0.3) is 0 Å². The van der Waals surface area contributed by atoms with Crippen LogP contribution in [0.4, 0.5) is 0 Å². The second kappa shape index (κ2) is 62.9. The van der Waals surface area contributed by atoms with Crippen LogP contribution in [0.15, 0.2) is 97.2 Å². The molecule has 0 saturated carbocycles. The summed E-state index contributed by atoms with van der Waals surface area (Å²) in [4.78, 5) is 38.2. The van der Waals surface area contributed by atoms with Crippen molar-refractivity contribution in [3.63, 3.8) is 0 Å². The van der Waals surface area contributed by atoms with Crippen molar-refractivity contribution >= 4 is 17.9 Å². The molecule has 6 heteroatoms. The Morgan fingerprint density at radius 3 is 0.827 bits per heavy atom. The first-order chi connectivity index (χ1) is 37.0. The topological polar surface area (TPSA) is 78.9 Å². The molecule has 0 heterocycles. The highest BCUT2D eigenvalue weighted by atomic mass is 16.6. The normalized spacial score (nSPS) is 12.7. The fourth-order valence-electron chi connectivity index (χ4n) is 8.83. The number of rotatable bonds is 57. The minimum atomic E-state index is -0.786. The van der Waals surface area contributed by atoms with Crippen LogP contribution in [-0.2, 0) is 28.6 Å². The molecule has 430 valence electrons. The van der Waals surface area contributed by atoms with Gasteiger partial charge in [0.2, 0.25) is 0 Å². The van der Waals surface area contributed by atoms with Crippen LogP contribution in [0.2, 0.25) is 0 Å². The van der Waals surface area contributed by atoms with Crippen LogP contribution in [0.1, 0.15) is 303 Å². The quantitative estimate of drug-likeness (QED) is 0.0261. The molecule has 0 aliphatic carbocycles. The van der Waals surface area contributed by atoms with Gasteiger partial charge >= 0.3 is 17.9 Å². The average molecular weight is 1040 g/mol. The van der Waals surface area contributed by atoms with Crippen molar-refractivity contribution in [1.82, 2.24) is 0 Å². The zero-order chi connectivity index (χ0) is 54.3. The monoisotopic (exact) mass is 1040 g/mol. The van der Waals surface area contributed by atoms with Gasteiger partial charge in [0.1, 0.15) is 13.2 Å². The first-order valence-electron chi connectivity index (χ1n) is 31.7. The Bertz CT molecular complexity index is 1480. The molecule has 75 heavy (non-hydrogen) atoms. The maximum atomic E-state index is 12.9. The summed E-state index contributed by atoms with van der Waals surface area (Å²) >= 11 is 0. The van der Waals surface area contributed by atoms with Crippen molar-refractivity contribution < 1.29 is 28.6 Å². The van der Waals surface area contributed by atoms with Gasteiger partial charge in [-0.3, -0.25) is 14.4 Å². The number of carbonyl (C=O) groups is 3. The number of esters is 3. The molecule has 0 N–H and O–H groups in total. The van der Waals surface area contributed by atoms with Crippen LogP contribution >= 0.6 is 0 Å². The minimum absolute atomic E-state index is 0.0826. The Morgan fingerprint density at radius 2 is 0.520 bits per heavy atom. The molecule has 0 bridgehead atoms. The van der Waals surface area contributed by atoms with E-state index in [1.807, 2.05) is 0 Å². The predicted octanol–water partition coefficient (Wildman–Crippen LogP) is 21.7. The Labute approximate surface area is 464 Å². The van der Waals surface area contributed by atoms with E-state index in [2.05, 4.69) is 118 Å². The third kappa shape index (κ3) is 61.1. The number of ether oxygens (including phenoxy) is 3. The van der Waals surface area contributed by atoms with Crippen molar-refractivity contribution in [2.75, 3.05) is 13.2 Å². The fourth-order valence-corrected chi connectivity index (χ4v) is 8.83. The lowest BCUT2D eigenvalue weighted by atomic mass is 10.1. The van der Waals surface area contributed by atoms with Gasteiger partial charge in [0.25, 0.3) is 0 Å². The molecule has 0 rings (SSSR count). The number of hydrogen-bond donors (Lipinski definition) is 0. The lowest BCUT2D eigenvalue weighted by molar-refractivity contribution is -0.167. The number of hydrogen-bond acceptors (Lipinski definition) is 6. The maximum absolute atomic E-state index is 12.9. The van der Waals surface area contributed by atoms with Gasteiger partial charge in [0.05, 0.1) is 0 Å². The molecule has 0 aliphatic rings. The summed E-state index contributed by atoms with van der Waals surface area (Å²) < 4.78 is 16.9. The summed E-state index contributed by atoms with van der Waals surface area (Å²) in [6, 6.07) is 0. The largest absolute Gasteiger partial charge is 0.462 e. The van der Waals surface area contributed by atoms with E-state index in [-0.39, 0.29) is 31.1 Å². The molecule has 0 radical (unpaired) electrons. The molecule has 1 unspecified atom stereocenters. The summed E-state index contributed by atoms with van der Waals surface area (Å²) in [6.07, 6.45) is 84.2. The van der Waals surface area contributed by atoms with Crippen LogP contribution in [0.5, 0.6) is 0 Å². The van der Waals surface area contributed by atoms with E-state index in [4.69, 9.17) is 14.2 Å². The van der Waals surface area contributed by atoms with E-state index in [0.717, 1.165) is 122 Å². The lowest BCUT2D eigenvalue weighted by Gasteiger charge is -2.18. The summed E-state index contributed by atoms with van der Waals surface area (Å²) in [5, 5.41) is 0. The number of carbonyl (C=O) groups excluding carboxylic acids is 3. The molecule has 0 aromatic heterocycles. The Hall–Kier alpha value is -3.67. The van der Waals surface area contributed by atoms with E-state index in [9.17, 15) is 14.4 Å². The van der Waals surface area contributed by atoms with Crippen LogP contribution < -0.4 is 0 Å². The second-order valence-electron chi connectivity index (χ2n) is 20.9. The molecular formula is C69H118O6. The second-order valence-corrected chi connectivity index (χ2v) is 20.9. The molecule has 0 aromatic rings. The SMILES string of the molecule is CC/C=C\C/C=C\C/C=C\C/C=C\C/C=C\C/C=C\C/C=C\CCCCCCCC(=O)OCC(COC(=O)CCCCCCCCCCC)OC(=O)CCCCCCCCCCC/C=C\CCCCCCCCCC. The summed E-state index contributed by atoms with van der Waals surface area (Å²) in [5.74, 6) is -0.899.